The van der Waals surface area contributed by atoms with E-state index in [0.29, 0.717) is 11.5 Å². The van der Waals surface area contributed by atoms with E-state index in [9.17, 15) is 4.79 Å². The standard InChI is InChI=1S/C11H10BrN3OS/c1-6-3-8(12)4-9(13-6)11(16)15-10-5-17-7(2)14-10/h3-5H,1-2H3,(H,15,16). The molecular weight excluding hydrogens is 302 g/mol. The lowest BCUT2D eigenvalue weighted by molar-refractivity contribution is 0.102. The van der Waals surface area contributed by atoms with Crippen LogP contribution in [-0.4, -0.2) is 15.9 Å². The third-order valence-corrected chi connectivity index (χ3v) is 3.24. The van der Waals surface area contributed by atoms with Crippen molar-refractivity contribution in [1.82, 2.24) is 9.97 Å². The lowest BCUT2D eigenvalue weighted by atomic mass is 10.3. The first-order valence-corrected chi connectivity index (χ1v) is 6.59. The van der Waals surface area contributed by atoms with E-state index in [1.165, 1.54) is 11.3 Å². The molecule has 0 fully saturated rings. The zero-order chi connectivity index (χ0) is 12.4. The Morgan fingerprint density at radius 2 is 2.12 bits per heavy atom. The molecule has 1 N–H and O–H groups in total. The summed E-state index contributed by atoms with van der Waals surface area (Å²) in [5.74, 6) is 0.316. The molecule has 6 heteroatoms. The number of carbonyl (C=O) groups excluding carboxylic acids is 1. The van der Waals surface area contributed by atoms with Crippen molar-refractivity contribution in [2.75, 3.05) is 5.32 Å². The van der Waals surface area contributed by atoms with Crippen molar-refractivity contribution < 1.29 is 4.79 Å². The van der Waals surface area contributed by atoms with Gasteiger partial charge in [0.2, 0.25) is 0 Å². The number of hydrogen-bond acceptors (Lipinski definition) is 4. The summed E-state index contributed by atoms with van der Waals surface area (Å²) in [6.07, 6.45) is 0. The van der Waals surface area contributed by atoms with Crippen LogP contribution in [0.15, 0.2) is 22.0 Å². The van der Waals surface area contributed by atoms with Gasteiger partial charge in [0.25, 0.3) is 5.91 Å². The molecule has 0 aliphatic rings. The van der Waals surface area contributed by atoms with Crippen LogP contribution in [-0.2, 0) is 0 Å². The molecule has 0 aromatic carbocycles. The number of rotatable bonds is 2. The molecule has 2 aromatic heterocycles. The Labute approximate surface area is 111 Å². The number of amides is 1. The zero-order valence-corrected chi connectivity index (χ0v) is 11.7. The van der Waals surface area contributed by atoms with Gasteiger partial charge in [-0.3, -0.25) is 4.79 Å². The van der Waals surface area contributed by atoms with Gasteiger partial charge in [-0.15, -0.1) is 11.3 Å². The Hall–Kier alpha value is -1.27. The van der Waals surface area contributed by atoms with E-state index < -0.39 is 0 Å². The fraction of sp³-hybridized carbons (Fsp3) is 0.182. The highest BCUT2D eigenvalue weighted by Crippen LogP contribution is 2.16. The highest BCUT2D eigenvalue weighted by Gasteiger charge is 2.10. The van der Waals surface area contributed by atoms with Crippen molar-refractivity contribution in [3.63, 3.8) is 0 Å². The highest BCUT2D eigenvalue weighted by atomic mass is 79.9. The van der Waals surface area contributed by atoms with Crippen molar-refractivity contribution in [3.8, 4) is 0 Å². The quantitative estimate of drug-likeness (QED) is 0.926. The number of aromatic nitrogens is 2. The van der Waals surface area contributed by atoms with E-state index in [1.54, 1.807) is 11.4 Å². The first-order chi connectivity index (χ1) is 8.04. The lowest BCUT2D eigenvalue weighted by Gasteiger charge is -2.03. The van der Waals surface area contributed by atoms with Gasteiger partial charge in [-0.05, 0) is 26.0 Å². The van der Waals surface area contributed by atoms with Gasteiger partial charge in [0, 0.05) is 15.5 Å². The van der Waals surface area contributed by atoms with E-state index >= 15 is 0 Å². The fourth-order valence-electron chi connectivity index (χ4n) is 1.34. The Balaban J connectivity index is 2.19. The molecule has 4 nitrogen and oxygen atoms in total. The molecule has 0 bridgehead atoms. The van der Waals surface area contributed by atoms with Gasteiger partial charge in [-0.25, -0.2) is 9.97 Å². The van der Waals surface area contributed by atoms with E-state index in [0.717, 1.165) is 15.2 Å². The van der Waals surface area contributed by atoms with Crippen molar-refractivity contribution >= 4 is 39.0 Å². The number of nitrogens with one attached hydrogen (secondary N) is 1. The lowest BCUT2D eigenvalue weighted by Crippen LogP contribution is -2.14. The maximum absolute atomic E-state index is 11.9. The molecule has 88 valence electrons. The molecule has 1 amide bonds. The maximum Gasteiger partial charge on any atom is 0.275 e. The number of nitrogens with zero attached hydrogens (tertiary/aromatic N) is 2. The molecular formula is C11H10BrN3OS. The number of pyridine rings is 1. The van der Waals surface area contributed by atoms with Crippen LogP contribution < -0.4 is 5.32 Å². The SMILES string of the molecule is Cc1cc(Br)cc(C(=O)Nc2csc(C)n2)n1. The summed E-state index contributed by atoms with van der Waals surface area (Å²) in [6, 6.07) is 3.53. The summed E-state index contributed by atoms with van der Waals surface area (Å²) in [5.41, 5.74) is 1.17. The molecule has 0 aliphatic carbocycles. The number of anilines is 1. The van der Waals surface area contributed by atoms with Gasteiger partial charge in [0.15, 0.2) is 0 Å². The van der Waals surface area contributed by atoms with Crippen LogP contribution in [0.3, 0.4) is 0 Å². The largest absolute Gasteiger partial charge is 0.305 e. The first-order valence-electron chi connectivity index (χ1n) is 4.92. The first kappa shape index (κ1) is 12.2. The van der Waals surface area contributed by atoms with Gasteiger partial charge in [-0.2, -0.15) is 0 Å². The Morgan fingerprint density at radius 3 is 2.71 bits per heavy atom. The van der Waals surface area contributed by atoms with Gasteiger partial charge < -0.3 is 5.32 Å². The van der Waals surface area contributed by atoms with Crippen molar-refractivity contribution in [3.05, 3.63) is 38.4 Å². The summed E-state index contributed by atoms with van der Waals surface area (Å²) in [5, 5.41) is 5.43. The number of aryl methyl sites for hydroxylation is 2. The molecule has 17 heavy (non-hydrogen) atoms. The summed E-state index contributed by atoms with van der Waals surface area (Å²) in [4.78, 5) is 20.2. The van der Waals surface area contributed by atoms with Crippen LogP contribution >= 0.6 is 27.3 Å². The molecule has 0 spiro atoms. The van der Waals surface area contributed by atoms with Crippen molar-refractivity contribution in [2.45, 2.75) is 13.8 Å². The van der Waals surface area contributed by atoms with Gasteiger partial charge >= 0.3 is 0 Å². The van der Waals surface area contributed by atoms with Crippen LogP contribution in [0.5, 0.6) is 0 Å². The van der Waals surface area contributed by atoms with E-state index in [2.05, 4.69) is 31.2 Å². The van der Waals surface area contributed by atoms with Crippen molar-refractivity contribution in [2.24, 2.45) is 0 Å². The Bertz CT molecular complexity index is 547. The van der Waals surface area contributed by atoms with Gasteiger partial charge in [0.05, 0.1) is 5.01 Å². The van der Waals surface area contributed by atoms with Crippen LogP contribution in [0.4, 0.5) is 5.82 Å². The molecule has 2 heterocycles. The highest BCUT2D eigenvalue weighted by molar-refractivity contribution is 9.10. The van der Waals surface area contributed by atoms with Gasteiger partial charge in [0.1, 0.15) is 11.5 Å². The normalized spacial score (nSPS) is 10.3. The minimum absolute atomic E-state index is 0.250. The van der Waals surface area contributed by atoms with Crippen molar-refractivity contribution in [1.29, 1.82) is 0 Å². The predicted octanol–water partition coefficient (Wildman–Crippen LogP) is 3.17. The topological polar surface area (TPSA) is 54.9 Å². The van der Waals surface area contributed by atoms with Gasteiger partial charge in [-0.1, -0.05) is 15.9 Å². The van der Waals surface area contributed by atoms with Crippen LogP contribution in [0.2, 0.25) is 0 Å². The predicted molar refractivity (Wildman–Crippen MR) is 71.5 cm³/mol. The third kappa shape index (κ3) is 3.10. The average Bonchev–Trinajstić information content (AvgIpc) is 2.62. The molecule has 2 rings (SSSR count). The van der Waals surface area contributed by atoms with Crippen LogP contribution in [0.1, 0.15) is 21.2 Å². The molecule has 0 radical (unpaired) electrons. The number of thiazole rings is 1. The second kappa shape index (κ2) is 4.93. The summed E-state index contributed by atoms with van der Waals surface area (Å²) >= 11 is 4.83. The summed E-state index contributed by atoms with van der Waals surface area (Å²) in [7, 11) is 0. The molecule has 0 unspecified atom stereocenters. The Morgan fingerprint density at radius 1 is 1.35 bits per heavy atom. The molecule has 0 saturated carbocycles. The molecule has 0 atom stereocenters. The zero-order valence-electron chi connectivity index (χ0n) is 9.32. The van der Waals surface area contributed by atoms with Crippen LogP contribution in [0, 0.1) is 13.8 Å². The molecule has 0 saturated heterocycles. The fourth-order valence-corrected chi connectivity index (χ4v) is 2.44. The van der Waals surface area contributed by atoms with Crippen LogP contribution in [0.25, 0.3) is 0 Å². The maximum atomic E-state index is 11.9. The number of carbonyl (C=O) groups is 1. The summed E-state index contributed by atoms with van der Waals surface area (Å²) in [6.45, 7) is 3.73. The molecule has 2 aromatic rings. The molecule has 0 aliphatic heterocycles. The third-order valence-electron chi connectivity index (χ3n) is 2.01. The smallest absolute Gasteiger partial charge is 0.275 e. The van der Waals surface area contributed by atoms with E-state index in [1.807, 2.05) is 19.9 Å². The Kier molecular flexibility index (Phi) is 3.54. The average molecular weight is 312 g/mol. The van der Waals surface area contributed by atoms with E-state index in [4.69, 9.17) is 0 Å². The summed E-state index contributed by atoms with van der Waals surface area (Å²) < 4.78 is 0.838. The van der Waals surface area contributed by atoms with E-state index in [-0.39, 0.29) is 5.91 Å². The number of hydrogen-bond donors (Lipinski definition) is 1. The monoisotopic (exact) mass is 311 g/mol. The minimum Gasteiger partial charge on any atom is -0.305 e. The second-order valence-electron chi connectivity index (χ2n) is 3.52. The second-order valence-corrected chi connectivity index (χ2v) is 5.50. The minimum atomic E-state index is -0.250. The number of halogens is 1.